The Bertz CT molecular complexity index is 682. The van der Waals surface area contributed by atoms with E-state index in [4.69, 9.17) is 9.31 Å². The molecule has 3 rings (SSSR count). The maximum Gasteiger partial charge on any atom is 0.465 e. The van der Waals surface area contributed by atoms with Gasteiger partial charge in [-0.1, -0.05) is 42.5 Å². The molecule has 1 aliphatic rings. The second-order valence-electron chi connectivity index (χ2n) is 7.81. The van der Waals surface area contributed by atoms with E-state index in [1.807, 2.05) is 18.2 Å². The highest BCUT2D eigenvalue weighted by atomic mass is 19.1. The molecule has 25 heavy (non-hydrogen) atoms. The van der Waals surface area contributed by atoms with E-state index in [9.17, 15) is 4.39 Å². The molecule has 1 saturated heterocycles. The first-order chi connectivity index (χ1) is 11.8. The van der Waals surface area contributed by atoms with Crippen molar-refractivity contribution in [3.8, 4) is 0 Å². The van der Waals surface area contributed by atoms with Crippen LogP contribution in [-0.2, 0) is 15.7 Å². The van der Waals surface area contributed by atoms with Crippen LogP contribution in [0.1, 0.15) is 51.1 Å². The summed E-state index contributed by atoms with van der Waals surface area (Å²) in [5.41, 5.74) is 1.59. The summed E-state index contributed by atoms with van der Waals surface area (Å²) in [6, 6.07) is 17.1. The van der Waals surface area contributed by atoms with Gasteiger partial charge in [0.25, 0.3) is 0 Å². The lowest BCUT2D eigenvalue weighted by Crippen LogP contribution is -2.41. The summed E-state index contributed by atoms with van der Waals surface area (Å²) >= 11 is 0. The SMILES string of the molecule is CC1(C)OB(C(CCc2ccccc2)c2ccc(F)cc2)OC1(C)C. The lowest BCUT2D eigenvalue weighted by Gasteiger charge is -2.32. The molecule has 0 aromatic heterocycles. The zero-order valence-corrected chi connectivity index (χ0v) is 15.5. The largest absolute Gasteiger partial charge is 0.465 e. The van der Waals surface area contributed by atoms with Crippen molar-refractivity contribution in [2.45, 2.75) is 57.6 Å². The monoisotopic (exact) mass is 340 g/mol. The lowest BCUT2D eigenvalue weighted by molar-refractivity contribution is 0.00578. The molecule has 4 heteroatoms. The molecular formula is C21H26BFO2. The first kappa shape index (κ1) is 18.2. The molecule has 0 spiro atoms. The molecule has 2 nitrogen and oxygen atoms in total. The Kier molecular flexibility index (Phi) is 5.03. The number of aryl methyl sites for hydroxylation is 1. The molecule has 0 saturated carbocycles. The van der Waals surface area contributed by atoms with Gasteiger partial charge in [0.1, 0.15) is 5.82 Å². The van der Waals surface area contributed by atoms with Gasteiger partial charge in [-0.3, -0.25) is 0 Å². The normalized spacial score (nSPS) is 19.8. The second kappa shape index (κ2) is 6.93. The number of halogens is 1. The summed E-state index contributed by atoms with van der Waals surface area (Å²) in [5, 5.41) is 0. The molecule has 1 unspecified atom stereocenters. The topological polar surface area (TPSA) is 18.5 Å². The zero-order valence-electron chi connectivity index (χ0n) is 15.5. The van der Waals surface area contributed by atoms with Crippen molar-refractivity contribution in [2.75, 3.05) is 0 Å². The minimum atomic E-state index is -0.372. The molecule has 2 aromatic carbocycles. The molecule has 1 fully saturated rings. The summed E-state index contributed by atoms with van der Waals surface area (Å²) in [6.45, 7) is 8.25. The van der Waals surface area contributed by atoms with Crippen molar-refractivity contribution < 1.29 is 13.7 Å². The molecule has 2 aromatic rings. The van der Waals surface area contributed by atoms with E-state index in [1.165, 1.54) is 17.7 Å². The van der Waals surface area contributed by atoms with Crippen LogP contribution in [0.5, 0.6) is 0 Å². The van der Waals surface area contributed by atoms with Gasteiger partial charge in [0, 0.05) is 5.82 Å². The van der Waals surface area contributed by atoms with Crippen molar-refractivity contribution in [3.63, 3.8) is 0 Å². The predicted molar refractivity (Wildman–Crippen MR) is 100.0 cm³/mol. The molecule has 132 valence electrons. The van der Waals surface area contributed by atoms with Crippen molar-refractivity contribution >= 4 is 7.12 Å². The maximum atomic E-state index is 13.4. The fourth-order valence-corrected chi connectivity index (χ4v) is 3.19. The van der Waals surface area contributed by atoms with Gasteiger partial charge in [0.15, 0.2) is 0 Å². The quantitative estimate of drug-likeness (QED) is 0.699. The van der Waals surface area contributed by atoms with Crippen LogP contribution in [0.4, 0.5) is 4.39 Å². The van der Waals surface area contributed by atoms with Crippen LogP contribution in [0.15, 0.2) is 54.6 Å². The lowest BCUT2D eigenvalue weighted by atomic mass is 9.65. The van der Waals surface area contributed by atoms with Crippen LogP contribution in [-0.4, -0.2) is 18.3 Å². The van der Waals surface area contributed by atoms with Gasteiger partial charge in [0.2, 0.25) is 0 Å². The highest BCUT2D eigenvalue weighted by Gasteiger charge is 2.53. The second-order valence-corrected chi connectivity index (χ2v) is 7.81. The fourth-order valence-electron chi connectivity index (χ4n) is 3.19. The Morgan fingerprint density at radius 2 is 1.44 bits per heavy atom. The summed E-state index contributed by atoms with van der Waals surface area (Å²) in [7, 11) is -0.334. The van der Waals surface area contributed by atoms with Crippen molar-refractivity contribution in [2.24, 2.45) is 0 Å². The van der Waals surface area contributed by atoms with Gasteiger partial charge in [-0.15, -0.1) is 0 Å². The van der Waals surface area contributed by atoms with E-state index >= 15 is 0 Å². The van der Waals surface area contributed by atoms with Crippen LogP contribution in [0.3, 0.4) is 0 Å². The van der Waals surface area contributed by atoms with Gasteiger partial charge in [-0.05, 0) is 63.8 Å². The Hall–Kier alpha value is -1.65. The smallest absolute Gasteiger partial charge is 0.403 e. The van der Waals surface area contributed by atoms with Crippen LogP contribution in [0.2, 0.25) is 0 Å². The summed E-state index contributed by atoms with van der Waals surface area (Å²) in [5.74, 6) is -0.165. The van der Waals surface area contributed by atoms with Gasteiger partial charge in [-0.2, -0.15) is 0 Å². The highest BCUT2D eigenvalue weighted by molar-refractivity contribution is 6.47. The standard InChI is InChI=1S/C21H26BFO2/c1-20(2)21(3,4)25-22(24-20)19(17-11-13-18(23)14-12-17)15-10-16-8-6-5-7-9-16/h5-9,11-14,19H,10,15H2,1-4H3. The van der Waals surface area contributed by atoms with Crippen LogP contribution in [0, 0.1) is 5.82 Å². The molecule has 1 aliphatic heterocycles. The molecule has 0 bridgehead atoms. The molecule has 1 heterocycles. The average Bonchev–Trinajstić information content (AvgIpc) is 2.78. The Morgan fingerprint density at radius 3 is 2.00 bits per heavy atom. The molecule has 0 amide bonds. The van der Waals surface area contributed by atoms with Gasteiger partial charge in [-0.25, -0.2) is 4.39 Å². The summed E-state index contributed by atoms with van der Waals surface area (Å²) < 4.78 is 25.9. The van der Waals surface area contributed by atoms with Crippen LogP contribution < -0.4 is 0 Å². The van der Waals surface area contributed by atoms with Crippen molar-refractivity contribution in [3.05, 3.63) is 71.5 Å². The van der Waals surface area contributed by atoms with E-state index in [0.717, 1.165) is 18.4 Å². The van der Waals surface area contributed by atoms with Gasteiger partial charge >= 0.3 is 7.12 Å². The number of benzene rings is 2. The summed E-state index contributed by atoms with van der Waals surface area (Å²) in [4.78, 5) is 0. The average molecular weight is 340 g/mol. The predicted octanol–water partition coefficient (Wildman–Crippen LogP) is 5.17. The third-order valence-electron chi connectivity index (χ3n) is 5.49. The van der Waals surface area contributed by atoms with Crippen molar-refractivity contribution in [1.29, 1.82) is 0 Å². The Balaban J connectivity index is 1.83. The Labute approximate surface area is 150 Å². The molecular weight excluding hydrogens is 314 g/mol. The maximum absolute atomic E-state index is 13.4. The first-order valence-corrected chi connectivity index (χ1v) is 8.93. The van der Waals surface area contributed by atoms with Crippen LogP contribution >= 0.6 is 0 Å². The minimum absolute atomic E-state index is 0.0573. The van der Waals surface area contributed by atoms with E-state index in [0.29, 0.717) is 0 Å². The molecule has 1 atom stereocenters. The van der Waals surface area contributed by atoms with E-state index < -0.39 is 0 Å². The number of hydrogen-bond acceptors (Lipinski definition) is 2. The minimum Gasteiger partial charge on any atom is -0.403 e. The third kappa shape index (κ3) is 3.96. The number of rotatable bonds is 5. The molecule has 0 aliphatic carbocycles. The molecule has 0 N–H and O–H groups in total. The van der Waals surface area contributed by atoms with Gasteiger partial charge < -0.3 is 9.31 Å². The Morgan fingerprint density at radius 1 is 0.880 bits per heavy atom. The van der Waals surface area contributed by atoms with Crippen molar-refractivity contribution in [1.82, 2.24) is 0 Å². The number of hydrogen-bond donors (Lipinski definition) is 0. The van der Waals surface area contributed by atoms with E-state index in [2.05, 4.69) is 52.0 Å². The first-order valence-electron chi connectivity index (χ1n) is 8.93. The van der Waals surface area contributed by atoms with Gasteiger partial charge in [0.05, 0.1) is 11.2 Å². The van der Waals surface area contributed by atoms with E-state index in [1.54, 1.807) is 0 Å². The van der Waals surface area contributed by atoms with E-state index in [-0.39, 0.29) is 30.0 Å². The highest BCUT2D eigenvalue weighted by Crippen LogP contribution is 2.42. The zero-order chi connectivity index (χ0) is 18.1. The van der Waals surface area contributed by atoms with Crippen LogP contribution in [0.25, 0.3) is 0 Å². The summed E-state index contributed by atoms with van der Waals surface area (Å²) in [6.07, 6.45) is 1.80. The fraction of sp³-hybridized carbons (Fsp3) is 0.429. The molecule has 0 radical (unpaired) electrons. The third-order valence-corrected chi connectivity index (χ3v) is 5.49.